The Labute approximate surface area is 127 Å². The van der Waals surface area contributed by atoms with Gasteiger partial charge in [-0.15, -0.1) is 0 Å². The number of hydrogen-bond acceptors (Lipinski definition) is 3. The van der Waals surface area contributed by atoms with Gasteiger partial charge in [0.05, 0.1) is 12.7 Å². The van der Waals surface area contributed by atoms with E-state index in [2.05, 4.69) is 20.9 Å². The summed E-state index contributed by atoms with van der Waals surface area (Å²) in [5, 5.41) is 10.0. The molecule has 0 aliphatic heterocycles. The molecule has 1 N–H and O–H groups in total. The summed E-state index contributed by atoms with van der Waals surface area (Å²) in [5.74, 6) is 0.848. The molecule has 1 aromatic carbocycles. The van der Waals surface area contributed by atoms with Gasteiger partial charge in [0.2, 0.25) is 0 Å². The van der Waals surface area contributed by atoms with Crippen LogP contribution in [0.2, 0.25) is 0 Å². The fourth-order valence-electron chi connectivity index (χ4n) is 1.96. The topological polar surface area (TPSA) is 42.4 Å². The van der Waals surface area contributed by atoms with Crippen molar-refractivity contribution in [2.75, 3.05) is 6.61 Å². The summed E-state index contributed by atoms with van der Waals surface area (Å²) in [6.07, 6.45) is 4.27. The summed E-state index contributed by atoms with van der Waals surface area (Å²) in [6.45, 7) is 2.54. The van der Waals surface area contributed by atoms with E-state index in [0.29, 0.717) is 19.4 Å². The molecule has 20 heavy (non-hydrogen) atoms. The Morgan fingerprint density at radius 3 is 2.90 bits per heavy atom. The van der Waals surface area contributed by atoms with E-state index in [1.54, 1.807) is 12.4 Å². The first-order valence-electron chi connectivity index (χ1n) is 6.60. The van der Waals surface area contributed by atoms with E-state index in [4.69, 9.17) is 4.74 Å². The molecule has 2 aromatic rings. The van der Waals surface area contributed by atoms with Crippen LogP contribution < -0.4 is 4.74 Å². The normalized spacial score (nSPS) is 12.2. The fraction of sp³-hybridized carbons (Fsp3) is 0.312. The third-order valence-corrected chi connectivity index (χ3v) is 3.38. The molecule has 1 heterocycles. The predicted octanol–water partition coefficient (Wildman–Crippen LogP) is 3.53. The van der Waals surface area contributed by atoms with Gasteiger partial charge in [-0.2, -0.15) is 0 Å². The minimum atomic E-state index is -0.420. The van der Waals surface area contributed by atoms with Crippen LogP contribution in [0, 0.1) is 6.92 Å². The van der Waals surface area contributed by atoms with E-state index >= 15 is 0 Å². The Hall–Kier alpha value is -1.39. The predicted molar refractivity (Wildman–Crippen MR) is 82.9 cm³/mol. The maximum absolute atomic E-state index is 10.0. The summed E-state index contributed by atoms with van der Waals surface area (Å²) < 4.78 is 6.56. The zero-order chi connectivity index (χ0) is 14.4. The van der Waals surface area contributed by atoms with Crippen LogP contribution in [0.4, 0.5) is 0 Å². The highest BCUT2D eigenvalue weighted by Gasteiger charge is 2.07. The zero-order valence-electron chi connectivity index (χ0n) is 11.4. The van der Waals surface area contributed by atoms with Crippen LogP contribution in [0.15, 0.2) is 47.2 Å². The van der Waals surface area contributed by atoms with Gasteiger partial charge in [0, 0.05) is 29.7 Å². The van der Waals surface area contributed by atoms with Crippen molar-refractivity contribution in [3.05, 3.63) is 58.3 Å². The van der Waals surface area contributed by atoms with Crippen LogP contribution in [-0.4, -0.2) is 22.8 Å². The number of ether oxygens (including phenoxy) is 1. The van der Waals surface area contributed by atoms with Crippen LogP contribution in [-0.2, 0) is 6.42 Å². The van der Waals surface area contributed by atoms with Crippen molar-refractivity contribution >= 4 is 15.9 Å². The third-order valence-electron chi connectivity index (χ3n) is 2.94. The van der Waals surface area contributed by atoms with E-state index in [1.807, 2.05) is 37.3 Å². The molecule has 0 aliphatic rings. The van der Waals surface area contributed by atoms with Gasteiger partial charge in [-0.25, -0.2) is 0 Å². The molecule has 0 spiro atoms. The quantitative estimate of drug-likeness (QED) is 0.878. The van der Waals surface area contributed by atoms with Gasteiger partial charge in [-0.1, -0.05) is 12.1 Å². The van der Waals surface area contributed by atoms with Crippen molar-refractivity contribution in [3.63, 3.8) is 0 Å². The maximum Gasteiger partial charge on any atom is 0.119 e. The second kappa shape index (κ2) is 7.41. The Kier molecular flexibility index (Phi) is 5.56. The number of benzene rings is 1. The molecule has 2 rings (SSSR count). The number of rotatable bonds is 6. The highest BCUT2D eigenvalue weighted by Crippen LogP contribution is 2.14. The number of aryl methyl sites for hydroxylation is 1. The lowest BCUT2D eigenvalue weighted by molar-refractivity contribution is 0.139. The number of pyridine rings is 1. The Morgan fingerprint density at radius 2 is 2.15 bits per heavy atom. The van der Waals surface area contributed by atoms with Crippen molar-refractivity contribution in [1.82, 2.24) is 4.98 Å². The molecule has 0 saturated heterocycles. The molecule has 0 aliphatic carbocycles. The molecule has 0 amide bonds. The zero-order valence-corrected chi connectivity index (χ0v) is 13.0. The summed E-state index contributed by atoms with van der Waals surface area (Å²) in [4.78, 5) is 4.09. The maximum atomic E-state index is 10.0. The first kappa shape index (κ1) is 15.0. The minimum absolute atomic E-state index is 0.420. The molecule has 1 unspecified atom stereocenters. The minimum Gasteiger partial charge on any atom is -0.493 e. The lowest BCUT2D eigenvalue weighted by atomic mass is 10.1. The largest absolute Gasteiger partial charge is 0.493 e. The number of aromatic nitrogens is 1. The molecular weight excluding hydrogens is 318 g/mol. The second-order valence-corrected chi connectivity index (χ2v) is 5.74. The Bertz CT molecular complexity index is 560. The monoisotopic (exact) mass is 335 g/mol. The van der Waals surface area contributed by atoms with Gasteiger partial charge in [-0.3, -0.25) is 4.98 Å². The number of nitrogens with zero attached hydrogens (tertiary/aromatic N) is 1. The summed E-state index contributed by atoms with van der Waals surface area (Å²) in [5.41, 5.74) is 2.19. The molecular formula is C16H18BrNO2. The number of aliphatic hydroxyl groups is 1. The van der Waals surface area contributed by atoms with Crippen LogP contribution in [0.5, 0.6) is 5.75 Å². The molecule has 106 valence electrons. The standard InChI is InChI=1S/C16H18BrNO2/c1-12-3-2-4-16(7-12)20-6-5-15(19)9-13-8-14(17)11-18-10-13/h2-4,7-8,10-11,15,19H,5-6,9H2,1H3. The molecule has 0 saturated carbocycles. The van der Waals surface area contributed by atoms with Gasteiger partial charge in [0.25, 0.3) is 0 Å². The van der Waals surface area contributed by atoms with Gasteiger partial charge in [-0.05, 0) is 52.2 Å². The summed E-state index contributed by atoms with van der Waals surface area (Å²) >= 11 is 3.37. The average molecular weight is 336 g/mol. The molecule has 0 bridgehead atoms. The smallest absolute Gasteiger partial charge is 0.119 e. The molecule has 3 nitrogen and oxygen atoms in total. The Morgan fingerprint density at radius 1 is 1.30 bits per heavy atom. The summed E-state index contributed by atoms with van der Waals surface area (Å²) in [7, 11) is 0. The number of hydrogen-bond donors (Lipinski definition) is 1. The number of halogens is 1. The van der Waals surface area contributed by atoms with E-state index in [0.717, 1.165) is 15.8 Å². The van der Waals surface area contributed by atoms with Crippen molar-refractivity contribution in [2.24, 2.45) is 0 Å². The lowest BCUT2D eigenvalue weighted by Crippen LogP contribution is -2.15. The summed E-state index contributed by atoms with van der Waals surface area (Å²) in [6, 6.07) is 9.89. The third kappa shape index (κ3) is 4.94. The molecule has 0 fully saturated rings. The SMILES string of the molecule is Cc1cccc(OCCC(O)Cc2cncc(Br)c2)c1. The van der Waals surface area contributed by atoms with E-state index in [9.17, 15) is 5.11 Å². The van der Waals surface area contributed by atoms with Crippen molar-refractivity contribution in [1.29, 1.82) is 0 Å². The first-order chi connectivity index (χ1) is 9.63. The lowest BCUT2D eigenvalue weighted by Gasteiger charge is -2.12. The molecule has 1 aromatic heterocycles. The fourth-order valence-corrected chi connectivity index (χ4v) is 2.37. The Balaban J connectivity index is 1.76. The van der Waals surface area contributed by atoms with Gasteiger partial charge in [0.1, 0.15) is 5.75 Å². The van der Waals surface area contributed by atoms with Crippen LogP contribution in [0.25, 0.3) is 0 Å². The van der Waals surface area contributed by atoms with Crippen molar-refractivity contribution < 1.29 is 9.84 Å². The van der Waals surface area contributed by atoms with Crippen LogP contribution >= 0.6 is 15.9 Å². The highest BCUT2D eigenvalue weighted by molar-refractivity contribution is 9.10. The highest BCUT2D eigenvalue weighted by atomic mass is 79.9. The van der Waals surface area contributed by atoms with E-state index < -0.39 is 6.10 Å². The second-order valence-electron chi connectivity index (χ2n) is 4.82. The van der Waals surface area contributed by atoms with Crippen LogP contribution in [0.3, 0.4) is 0 Å². The van der Waals surface area contributed by atoms with E-state index in [1.165, 1.54) is 5.56 Å². The van der Waals surface area contributed by atoms with Gasteiger partial charge in [0.15, 0.2) is 0 Å². The molecule has 1 atom stereocenters. The molecule has 0 radical (unpaired) electrons. The van der Waals surface area contributed by atoms with E-state index in [-0.39, 0.29) is 0 Å². The van der Waals surface area contributed by atoms with Crippen molar-refractivity contribution in [3.8, 4) is 5.75 Å². The molecule has 4 heteroatoms. The van der Waals surface area contributed by atoms with Crippen molar-refractivity contribution in [2.45, 2.75) is 25.9 Å². The van der Waals surface area contributed by atoms with Gasteiger partial charge < -0.3 is 9.84 Å². The first-order valence-corrected chi connectivity index (χ1v) is 7.40. The average Bonchev–Trinajstić information content (AvgIpc) is 2.38. The number of aliphatic hydroxyl groups excluding tert-OH is 1. The van der Waals surface area contributed by atoms with Crippen LogP contribution in [0.1, 0.15) is 17.5 Å². The van der Waals surface area contributed by atoms with Gasteiger partial charge >= 0.3 is 0 Å².